The number of allylic oxidation sites excluding steroid dienone is 12. The van der Waals surface area contributed by atoms with Gasteiger partial charge < -0.3 is 19.6 Å². The van der Waals surface area contributed by atoms with E-state index in [4.69, 9.17) is 0 Å². The highest BCUT2D eigenvalue weighted by Crippen LogP contribution is 2.16. The number of hydrogen-bond donors (Lipinski definition) is 4. The summed E-state index contributed by atoms with van der Waals surface area (Å²) in [6.07, 6.45) is 84.5. The summed E-state index contributed by atoms with van der Waals surface area (Å²) in [4.78, 5) is 6.52. The van der Waals surface area contributed by atoms with E-state index in [1.54, 1.807) is 41.9 Å². The summed E-state index contributed by atoms with van der Waals surface area (Å²) in [6, 6.07) is 0. The fraction of sp³-hybridized carbons (Fsp3) is 0.600. The molecule has 0 saturated carbocycles. The van der Waals surface area contributed by atoms with Gasteiger partial charge in [0, 0.05) is 25.7 Å². The SMILES string of the molecule is C1=C[NH+]2CCC=CCCCCCCC3=CC=C[NH+](CCC=CCCCCCCC4=CC=C[NH+](CCC=CCCCCCCC5=CC=C[NH+](CCC=CCCCCCCC(=C1)C2)C5)C4)C3. The van der Waals surface area contributed by atoms with Crippen LogP contribution < -0.4 is 19.6 Å². The molecule has 5 heterocycles. The molecular weight excluding hydrogens is 777 g/mol. The van der Waals surface area contributed by atoms with Gasteiger partial charge in [0.1, 0.15) is 26.2 Å². The number of quaternary nitrogens is 4. The monoisotopic (exact) mass is 873 g/mol. The van der Waals surface area contributed by atoms with Crippen LogP contribution in [0, 0.1) is 0 Å². The summed E-state index contributed by atoms with van der Waals surface area (Å²) in [5.74, 6) is 0. The van der Waals surface area contributed by atoms with Crippen LogP contribution in [-0.2, 0) is 0 Å². The Hall–Kier alpha value is -3.28. The lowest BCUT2D eigenvalue weighted by Gasteiger charge is -2.19. The molecule has 0 aromatic rings. The fourth-order valence-corrected chi connectivity index (χ4v) is 10.2. The van der Waals surface area contributed by atoms with Crippen molar-refractivity contribution < 1.29 is 19.6 Å². The van der Waals surface area contributed by atoms with Gasteiger partial charge in [0.05, 0.1) is 51.0 Å². The molecule has 0 spiro atoms. The van der Waals surface area contributed by atoms with E-state index >= 15 is 0 Å². The quantitative estimate of drug-likeness (QED) is 0.174. The van der Waals surface area contributed by atoms with Gasteiger partial charge in [-0.1, -0.05) is 124 Å². The van der Waals surface area contributed by atoms with Crippen molar-refractivity contribution >= 4 is 0 Å². The predicted molar refractivity (Wildman–Crippen MR) is 278 cm³/mol. The third-order valence-electron chi connectivity index (χ3n) is 14.1. The second-order valence-electron chi connectivity index (χ2n) is 19.9. The van der Waals surface area contributed by atoms with Crippen LogP contribution in [0.25, 0.3) is 0 Å². The molecule has 0 fully saturated rings. The normalized spacial score (nSPS) is 27.5. The van der Waals surface area contributed by atoms with Crippen molar-refractivity contribution in [1.82, 2.24) is 0 Å². The van der Waals surface area contributed by atoms with E-state index in [9.17, 15) is 0 Å². The molecule has 5 aliphatic heterocycles. The maximum Gasteiger partial charge on any atom is 0.103 e. The lowest BCUT2D eigenvalue weighted by atomic mass is 10.0. The van der Waals surface area contributed by atoms with Crippen molar-refractivity contribution in [3.05, 3.63) is 144 Å². The zero-order valence-electron chi connectivity index (χ0n) is 41.0. The van der Waals surface area contributed by atoms with Crippen molar-refractivity contribution in [2.24, 2.45) is 0 Å². The average molecular weight is 873 g/mol. The Labute approximate surface area is 394 Å². The molecule has 5 aliphatic rings. The topological polar surface area (TPSA) is 17.8 Å². The van der Waals surface area contributed by atoms with Crippen LogP contribution in [0.5, 0.6) is 0 Å². The molecule has 0 aromatic heterocycles. The molecule has 4 N–H and O–H groups in total. The van der Waals surface area contributed by atoms with Crippen molar-refractivity contribution in [1.29, 1.82) is 0 Å². The zero-order chi connectivity index (χ0) is 44.2. The smallest absolute Gasteiger partial charge is 0.103 e. The largest absolute Gasteiger partial charge is 0.305 e. The van der Waals surface area contributed by atoms with Crippen molar-refractivity contribution in [3.63, 3.8) is 0 Å². The van der Waals surface area contributed by atoms with Gasteiger partial charge in [-0.25, -0.2) is 0 Å². The van der Waals surface area contributed by atoms with Gasteiger partial charge in [0.2, 0.25) is 0 Å². The molecule has 5 rings (SSSR count). The van der Waals surface area contributed by atoms with Gasteiger partial charge in [-0.2, -0.15) is 0 Å². The molecule has 0 radical (unpaired) electrons. The molecule has 8 bridgehead atoms. The van der Waals surface area contributed by atoms with E-state index in [-0.39, 0.29) is 0 Å². The fourth-order valence-electron chi connectivity index (χ4n) is 10.2. The minimum atomic E-state index is 1.19. The first-order valence-corrected chi connectivity index (χ1v) is 27.2. The van der Waals surface area contributed by atoms with Gasteiger partial charge in [-0.3, -0.25) is 0 Å². The summed E-state index contributed by atoms with van der Waals surface area (Å²) in [6.45, 7) is 9.70. The summed E-state index contributed by atoms with van der Waals surface area (Å²) < 4.78 is 0. The highest BCUT2D eigenvalue weighted by atomic mass is 15.1. The second-order valence-corrected chi connectivity index (χ2v) is 19.9. The summed E-state index contributed by atoms with van der Waals surface area (Å²) in [7, 11) is 0. The van der Waals surface area contributed by atoms with E-state index in [0.717, 1.165) is 0 Å². The molecule has 352 valence electrons. The minimum Gasteiger partial charge on any atom is -0.305 e. The standard InChI is InChI=1S/C60H92N4/c1-5-13-21-29-45-61-49-34-42-58(54-61)38-26-18-10-3-7-15-23-31-47-63-51-36-44-60(56-63)40-28-20-12-4-8-16-24-32-48-64-52-35-43-59(55-64)39-27-19-11-2-6-14-22-30-46-62-50-33-41-57(53-62)37-25-17-9-1/h13-16,21-24,33-36,41-44,49-52H,1-12,17-20,25-32,37-40,45-48,53-56H2/p+4. The van der Waals surface area contributed by atoms with E-state index in [2.05, 4.69) is 122 Å². The Bertz CT molecular complexity index is 1380. The predicted octanol–water partition coefficient (Wildman–Crippen LogP) is 10.5. The highest BCUT2D eigenvalue weighted by Gasteiger charge is 2.15. The number of fused-ring (bicyclic) bond motifs is 8. The maximum atomic E-state index is 2.46. The highest BCUT2D eigenvalue weighted by molar-refractivity contribution is 5.16. The van der Waals surface area contributed by atoms with E-state index in [1.165, 1.54) is 232 Å². The Morgan fingerprint density at radius 2 is 0.453 bits per heavy atom. The summed E-state index contributed by atoms with van der Waals surface area (Å²) in [5.41, 5.74) is 6.61. The van der Waals surface area contributed by atoms with Crippen molar-refractivity contribution in [2.45, 2.75) is 180 Å². The minimum absolute atomic E-state index is 1.19. The summed E-state index contributed by atoms with van der Waals surface area (Å²) >= 11 is 0. The average Bonchev–Trinajstić information content (AvgIpc) is 3.31. The molecule has 4 unspecified atom stereocenters. The zero-order valence-corrected chi connectivity index (χ0v) is 41.0. The summed E-state index contributed by atoms with van der Waals surface area (Å²) in [5, 5.41) is 0. The van der Waals surface area contributed by atoms with Crippen LogP contribution in [0.1, 0.15) is 180 Å². The molecular formula is C60H96N4+4. The van der Waals surface area contributed by atoms with Gasteiger partial charge in [0.15, 0.2) is 0 Å². The lowest BCUT2D eigenvalue weighted by molar-refractivity contribution is -0.842. The van der Waals surface area contributed by atoms with Crippen LogP contribution in [0.2, 0.25) is 0 Å². The number of nitrogens with one attached hydrogen (secondary N) is 4. The second kappa shape index (κ2) is 35.0. The lowest BCUT2D eigenvalue weighted by Crippen LogP contribution is -3.08. The third kappa shape index (κ3) is 24.9. The number of rotatable bonds is 0. The molecule has 4 heteroatoms. The molecule has 4 nitrogen and oxygen atoms in total. The Balaban J connectivity index is 0.950. The van der Waals surface area contributed by atoms with Crippen LogP contribution >= 0.6 is 0 Å². The van der Waals surface area contributed by atoms with Crippen molar-refractivity contribution in [3.8, 4) is 0 Å². The Morgan fingerprint density at radius 3 is 0.703 bits per heavy atom. The van der Waals surface area contributed by atoms with Crippen LogP contribution in [0.4, 0.5) is 0 Å². The van der Waals surface area contributed by atoms with Gasteiger partial charge in [0.25, 0.3) is 0 Å². The van der Waals surface area contributed by atoms with Crippen LogP contribution in [0.15, 0.2) is 144 Å². The van der Waals surface area contributed by atoms with E-state index < -0.39 is 0 Å². The Kier molecular flexibility index (Phi) is 28.3. The molecule has 0 aliphatic carbocycles. The third-order valence-corrected chi connectivity index (χ3v) is 14.1. The molecule has 64 heavy (non-hydrogen) atoms. The van der Waals surface area contributed by atoms with E-state index in [1.807, 2.05) is 0 Å². The Morgan fingerprint density at radius 1 is 0.234 bits per heavy atom. The van der Waals surface area contributed by atoms with Gasteiger partial charge in [-0.05, 0) is 149 Å². The molecule has 0 aromatic carbocycles. The van der Waals surface area contributed by atoms with Crippen LogP contribution in [0.3, 0.4) is 0 Å². The maximum absolute atomic E-state index is 2.46. The van der Waals surface area contributed by atoms with Crippen LogP contribution in [-0.4, -0.2) is 52.4 Å². The first kappa shape index (κ1) is 51.7. The first-order valence-electron chi connectivity index (χ1n) is 27.2. The molecule has 4 atom stereocenters. The molecule has 0 saturated heterocycles. The van der Waals surface area contributed by atoms with E-state index in [0.29, 0.717) is 0 Å². The first-order chi connectivity index (χ1) is 31.8. The molecule has 0 amide bonds. The van der Waals surface area contributed by atoms with Crippen molar-refractivity contribution in [2.75, 3.05) is 52.4 Å². The van der Waals surface area contributed by atoms with Gasteiger partial charge in [-0.15, -0.1) is 0 Å². The van der Waals surface area contributed by atoms with Gasteiger partial charge >= 0.3 is 0 Å². The number of hydrogen-bond acceptors (Lipinski definition) is 0.